The van der Waals surface area contributed by atoms with E-state index in [9.17, 15) is 0 Å². The van der Waals surface area contributed by atoms with Gasteiger partial charge in [-0.1, -0.05) is 6.92 Å². The average molecular weight is 182 g/mol. The van der Waals surface area contributed by atoms with E-state index in [0.717, 1.165) is 12.6 Å². The van der Waals surface area contributed by atoms with E-state index in [-0.39, 0.29) is 0 Å². The van der Waals surface area contributed by atoms with Crippen molar-refractivity contribution in [2.75, 3.05) is 19.6 Å². The van der Waals surface area contributed by atoms with Gasteiger partial charge >= 0.3 is 0 Å². The van der Waals surface area contributed by atoms with Crippen LogP contribution in [0.2, 0.25) is 0 Å². The van der Waals surface area contributed by atoms with Crippen LogP contribution in [0.4, 0.5) is 0 Å². The minimum Gasteiger partial charge on any atom is -0.311 e. The van der Waals surface area contributed by atoms with Crippen LogP contribution in [0.15, 0.2) is 0 Å². The van der Waals surface area contributed by atoms with Crippen molar-refractivity contribution in [3.8, 4) is 0 Å². The normalized spacial score (nSPS) is 39.0. The van der Waals surface area contributed by atoms with E-state index >= 15 is 0 Å². The Morgan fingerprint density at radius 2 is 2.08 bits per heavy atom. The van der Waals surface area contributed by atoms with E-state index < -0.39 is 0 Å². The SMILES string of the molecule is CC1CN(CC2(C)CC2)C(C)CN1. The molecule has 0 radical (unpaired) electrons. The fourth-order valence-electron chi connectivity index (χ4n) is 2.18. The van der Waals surface area contributed by atoms with Crippen LogP contribution >= 0.6 is 0 Å². The van der Waals surface area contributed by atoms with Gasteiger partial charge < -0.3 is 5.32 Å². The largest absolute Gasteiger partial charge is 0.311 e. The fourth-order valence-corrected chi connectivity index (χ4v) is 2.18. The molecule has 2 heteroatoms. The number of rotatable bonds is 2. The lowest BCUT2D eigenvalue weighted by molar-refractivity contribution is 0.122. The summed E-state index contributed by atoms with van der Waals surface area (Å²) in [6.07, 6.45) is 2.88. The van der Waals surface area contributed by atoms with Crippen molar-refractivity contribution in [2.45, 2.75) is 45.7 Å². The number of nitrogens with one attached hydrogen (secondary N) is 1. The Kier molecular flexibility index (Phi) is 2.37. The Hall–Kier alpha value is -0.0800. The zero-order valence-corrected chi connectivity index (χ0v) is 9.14. The predicted octanol–water partition coefficient (Wildman–Crippen LogP) is 1.47. The molecule has 1 N–H and O–H groups in total. The quantitative estimate of drug-likeness (QED) is 0.695. The third-order valence-electron chi connectivity index (χ3n) is 3.58. The number of hydrogen-bond acceptors (Lipinski definition) is 2. The zero-order chi connectivity index (χ0) is 9.47. The summed E-state index contributed by atoms with van der Waals surface area (Å²) in [4.78, 5) is 2.66. The van der Waals surface area contributed by atoms with Gasteiger partial charge in [0.2, 0.25) is 0 Å². The highest BCUT2D eigenvalue weighted by Crippen LogP contribution is 2.45. The first-order chi connectivity index (χ1) is 6.09. The first-order valence-electron chi connectivity index (χ1n) is 5.56. The molecule has 1 aliphatic heterocycles. The van der Waals surface area contributed by atoms with Crippen LogP contribution in [0.1, 0.15) is 33.6 Å². The average Bonchev–Trinajstić information content (AvgIpc) is 2.76. The molecule has 2 nitrogen and oxygen atoms in total. The Morgan fingerprint density at radius 3 is 2.69 bits per heavy atom. The van der Waals surface area contributed by atoms with Crippen molar-refractivity contribution in [2.24, 2.45) is 5.41 Å². The van der Waals surface area contributed by atoms with Crippen molar-refractivity contribution in [3.63, 3.8) is 0 Å². The van der Waals surface area contributed by atoms with Gasteiger partial charge in [-0.2, -0.15) is 0 Å². The van der Waals surface area contributed by atoms with Crippen LogP contribution in [-0.2, 0) is 0 Å². The number of hydrogen-bond donors (Lipinski definition) is 1. The van der Waals surface area contributed by atoms with Crippen molar-refractivity contribution in [1.29, 1.82) is 0 Å². The standard InChI is InChI=1S/C11H22N2/c1-9-7-13(10(2)6-12-9)8-11(3)4-5-11/h9-10,12H,4-8H2,1-3H3. The minimum atomic E-state index is 0.672. The second-order valence-corrected chi connectivity index (χ2v) is 5.40. The molecule has 0 aromatic heterocycles. The van der Waals surface area contributed by atoms with Gasteiger partial charge in [-0.25, -0.2) is 0 Å². The van der Waals surface area contributed by atoms with Crippen LogP contribution in [0.25, 0.3) is 0 Å². The van der Waals surface area contributed by atoms with Crippen LogP contribution < -0.4 is 5.32 Å². The van der Waals surface area contributed by atoms with Crippen LogP contribution in [0.5, 0.6) is 0 Å². The van der Waals surface area contributed by atoms with Crippen molar-refractivity contribution in [1.82, 2.24) is 10.2 Å². The highest BCUT2D eigenvalue weighted by molar-refractivity contribution is 4.94. The van der Waals surface area contributed by atoms with Gasteiger partial charge in [0.15, 0.2) is 0 Å². The molecular weight excluding hydrogens is 160 g/mol. The van der Waals surface area contributed by atoms with Gasteiger partial charge in [0.1, 0.15) is 0 Å². The summed E-state index contributed by atoms with van der Waals surface area (Å²) in [5, 5.41) is 3.53. The molecule has 0 spiro atoms. The van der Waals surface area contributed by atoms with Gasteiger partial charge in [-0.05, 0) is 32.1 Å². The molecule has 1 aliphatic carbocycles. The molecule has 0 aromatic rings. The monoisotopic (exact) mass is 182 g/mol. The van der Waals surface area contributed by atoms with Gasteiger partial charge in [0, 0.05) is 31.7 Å². The molecule has 2 aliphatic rings. The molecule has 0 bridgehead atoms. The Balaban J connectivity index is 1.88. The topological polar surface area (TPSA) is 15.3 Å². The maximum absolute atomic E-state index is 3.53. The van der Waals surface area contributed by atoms with Crippen molar-refractivity contribution < 1.29 is 0 Å². The van der Waals surface area contributed by atoms with Crippen LogP contribution in [-0.4, -0.2) is 36.6 Å². The molecule has 0 aromatic carbocycles. The van der Waals surface area contributed by atoms with E-state index in [1.54, 1.807) is 0 Å². The number of piperazine rings is 1. The fraction of sp³-hybridized carbons (Fsp3) is 1.00. The minimum absolute atomic E-state index is 0.672. The lowest BCUT2D eigenvalue weighted by atomic mass is 10.1. The maximum atomic E-state index is 3.53. The highest BCUT2D eigenvalue weighted by Gasteiger charge is 2.40. The number of nitrogens with zero attached hydrogens (tertiary/aromatic N) is 1. The van der Waals surface area contributed by atoms with Gasteiger partial charge in [0.25, 0.3) is 0 Å². The summed E-state index contributed by atoms with van der Waals surface area (Å²) in [7, 11) is 0. The first kappa shape index (κ1) is 9.47. The third kappa shape index (κ3) is 2.23. The predicted molar refractivity (Wildman–Crippen MR) is 55.8 cm³/mol. The lowest BCUT2D eigenvalue weighted by Gasteiger charge is -2.39. The second-order valence-electron chi connectivity index (χ2n) is 5.40. The molecule has 1 saturated carbocycles. The summed E-state index contributed by atoms with van der Waals surface area (Å²) in [5.74, 6) is 0. The first-order valence-corrected chi connectivity index (χ1v) is 5.56. The molecule has 2 fully saturated rings. The van der Waals surface area contributed by atoms with E-state index in [4.69, 9.17) is 0 Å². The Morgan fingerprint density at radius 1 is 1.38 bits per heavy atom. The third-order valence-corrected chi connectivity index (χ3v) is 3.58. The van der Waals surface area contributed by atoms with E-state index in [2.05, 4.69) is 31.0 Å². The molecule has 2 unspecified atom stereocenters. The molecule has 76 valence electrons. The summed E-state index contributed by atoms with van der Waals surface area (Å²) in [6.45, 7) is 10.8. The van der Waals surface area contributed by atoms with E-state index in [0.29, 0.717) is 11.5 Å². The van der Waals surface area contributed by atoms with E-state index in [1.807, 2.05) is 0 Å². The Bertz CT molecular complexity index is 187. The van der Waals surface area contributed by atoms with Crippen LogP contribution in [0, 0.1) is 5.41 Å². The van der Waals surface area contributed by atoms with Gasteiger partial charge in [-0.15, -0.1) is 0 Å². The summed E-state index contributed by atoms with van der Waals surface area (Å²) in [5.41, 5.74) is 0.672. The van der Waals surface area contributed by atoms with Gasteiger partial charge in [-0.3, -0.25) is 4.90 Å². The smallest absolute Gasteiger partial charge is 0.0193 e. The molecule has 1 saturated heterocycles. The second kappa shape index (κ2) is 3.25. The maximum Gasteiger partial charge on any atom is 0.0193 e. The molecule has 2 rings (SSSR count). The summed E-state index contributed by atoms with van der Waals surface area (Å²) < 4.78 is 0. The molecule has 1 heterocycles. The Labute approximate surface area is 81.7 Å². The van der Waals surface area contributed by atoms with Gasteiger partial charge in [0.05, 0.1) is 0 Å². The van der Waals surface area contributed by atoms with E-state index in [1.165, 1.54) is 25.9 Å². The van der Waals surface area contributed by atoms with Crippen molar-refractivity contribution >= 4 is 0 Å². The van der Waals surface area contributed by atoms with Crippen molar-refractivity contribution in [3.05, 3.63) is 0 Å². The molecule has 13 heavy (non-hydrogen) atoms. The lowest BCUT2D eigenvalue weighted by Crippen LogP contribution is -2.55. The molecule has 0 amide bonds. The highest BCUT2D eigenvalue weighted by atomic mass is 15.2. The zero-order valence-electron chi connectivity index (χ0n) is 9.14. The molecule has 2 atom stereocenters. The summed E-state index contributed by atoms with van der Waals surface area (Å²) in [6, 6.07) is 1.41. The molecular formula is C11H22N2. The summed E-state index contributed by atoms with van der Waals surface area (Å²) >= 11 is 0. The van der Waals surface area contributed by atoms with Crippen LogP contribution in [0.3, 0.4) is 0 Å².